The van der Waals surface area contributed by atoms with Crippen LogP contribution in [0, 0.1) is 0 Å². The highest BCUT2D eigenvalue weighted by Gasteiger charge is 2.16. The number of sulfonamides is 1. The van der Waals surface area contributed by atoms with Crippen molar-refractivity contribution >= 4 is 21.6 Å². The van der Waals surface area contributed by atoms with Crippen molar-refractivity contribution in [3.8, 4) is 5.75 Å². The van der Waals surface area contributed by atoms with Crippen LogP contribution >= 0.6 is 0 Å². The fourth-order valence-corrected chi connectivity index (χ4v) is 2.53. The number of ether oxygens (including phenoxy) is 1. The molecule has 0 aliphatic rings. The lowest BCUT2D eigenvalue weighted by Crippen LogP contribution is -2.23. The fraction of sp³-hybridized carbons (Fsp3) is 0.417. The summed E-state index contributed by atoms with van der Waals surface area (Å²) in [5.41, 5.74) is 0.341. The highest BCUT2D eigenvalue weighted by atomic mass is 32.2. The Labute approximate surface area is 113 Å². The Morgan fingerprint density at radius 3 is 2.53 bits per heavy atom. The standard InChI is InChI=1S/C12H18N2O4S/c1-4-12(15)14-10-8-9(6-7-11(10)18-3)19(16,17)13-5-2/h6-8,13H,4-5H2,1-3H3,(H,14,15). The molecule has 1 aromatic carbocycles. The lowest BCUT2D eigenvalue weighted by Gasteiger charge is -2.12. The summed E-state index contributed by atoms with van der Waals surface area (Å²) in [6, 6.07) is 4.32. The quantitative estimate of drug-likeness (QED) is 0.826. The van der Waals surface area contributed by atoms with Gasteiger partial charge >= 0.3 is 0 Å². The van der Waals surface area contributed by atoms with Gasteiger partial charge in [0.2, 0.25) is 15.9 Å². The number of rotatable bonds is 6. The summed E-state index contributed by atoms with van der Waals surface area (Å²) in [5.74, 6) is 0.202. The van der Waals surface area contributed by atoms with Crippen LogP contribution in [0.25, 0.3) is 0 Å². The maximum atomic E-state index is 11.9. The van der Waals surface area contributed by atoms with Crippen LogP contribution in [0.2, 0.25) is 0 Å². The molecule has 0 bridgehead atoms. The Kier molecular flexibility index (Phi) is 5.31. The molecule has 1 aromatic rings. The number of carbonyl (C=O) groups is 1. The van der Waals surface area contributed by atoms with Gasteiger partial charge in [0.05, 0.1) is 17.7 Å². The molecule has 0 aliphatic heterocycles. The second kappa shape index (κ2) is 6.53. The molecule has 1 rings (SSSR count). The highest BCUT2D eigenvalue weighted by Crippen LogP contribution is 2.27. The minimum absolute atomic E-state index is 0.0848. The lowest BCUT2D eigenvalue weighted by atomic mass is 10.3. The molecule has 0 saturated heterocycles. The SMILES string of the molecule is CCNS(=O)(=O)c1ccc(OC)c(NC(=O)CC)c1. The summed E-state index contributed by atoms with van der Waals surface area (Å²) in [6.07, 6.45) is 0.299. The zero-order valence-electron chi connectivity index (χ0n) is 11.2. The third kappa shape index (κ3) is 3.93. The maximum absolute atomic E-state index is 11.9. The molecule has 0 unspecified atom stereocenters. The van der Waals surface area contributed by atoms with Gasteiger partial charge in [-0.15, -0.1) is 0 Å². The molecule has 2 N–H and O–H groups in total. The normalized spacial score (nSPS) is 11.1. The largest absolute Gasteiger partial charge is 0.495 e. The summed E-state index contributed by atoms with van der Waals surface area (Å²) in [4.78, 5) is 11.5. The summed E-state index contributed by atoms with van der Waals surface area (Å²) in [7, 11) is -2.10. The van der Waals surface area contributed by atoms with E-state index in [2.05, 4.69) is 10.0 Å². The number of carbonyl (C=O) groups excluding carboxylic acids is 1. The van der Waals surface area contributed by atoms with Crippen LogP contribution < -0.4 is 14.8 Å². The minimum Gasteiger partial charge on any atom is -0.495 e. The van der Waals surface area contributed by atoms with Gasteiger partial charge in [-0.2, -0.15) is 0 Å². The Morgan fingerprint density at radius 1 is 1.32 bits per heavy atom. The van der Waals surface area contributed by atoms with Gasteiger partial charge in [-0.3, -0.25) is 4.79 Å². The van der Waals surface area contributed by atoms with E-state index >= 15 is 0 Å². The van der Waals surface area contributed by atoms with Gasteiger partial charge in [0.25, 0.3) is 0 Å². The van der Waals surface area contributed by atoms with Gasteiger partial charge < -0.3 is 10.1 Å². The van der Waals surface area contributed by atoms with Crippen molar-refractivity contribution in [1.29, 1.82) is 0 Å². The molecule has 0 aromatic heterocycles. The van der Waals surface area contributed by atoms with E-state index in [1.807, 2.05) is 0 Å². The van der Waals surface area contributed by atoms with Gasteiger partial charge in [-0.1, -0.05) is 13.8 Å². The van der Waals surface area contributed by atoms with E-state index in [9.17, 15) is 13.2 Å². The van der Waals surface area contributed by atoms with Gasteiger partial charge in [0, 0.05) is 13.0 Å². The Bertz CT molecular complexity index is 555. The first kappa shape index (κ1) is 15.5. The first-order valence-corrected chi connectivity index (χ1v) is 7.40. The molecular weight excluding hydrogens is 268 g/mol. The van der Waals surface area contributed by atoms with Crippen molar-refractivity contribution in [2.45, 2.75) is 25.2 Å². The van der Waals surface area contributed by atoms with Crippen molar-refractivity contribution in [2.24, 2.45) is 0 Å². The Balaban J connectivity index is 3.18. The van der Waals surface area contributed by atoms with Gasteiger partial charge in [-0.05, 0) is 18.2 Å². The smallest absolute Gasteiger partial charge is 0.240 e. The van der Waals surface area contributed by atoms with Crippen LogP contribution in [-0.2, 0) is 14.8 Å². The average molecular weight is 286 g/mol. The van der Waals surface area contributed by atoms with Crippen molar-refractivity contribution in [3.63, 3.8) is 0 Å². The van der Waals surface area contributed by atoms with Crippen LogP contribution in [-0.4, -0.2) is 28.0 Å². The lowest BCUT2D eigenvalue weighted by molar-refractivity contribution is -0.115. The molecule has 0 heterocycles. The fourth-order valence-electron chi connectivity index (χ4n) is 1.46. The topological polar surface area (TPSA) is 84.5 Å². The van der Waals surface area contributed by atoms with Crippen LogP contribution in [0.1, 0.15) is 20.3 Å². The molecule has 1 amide bonds. The molecule has 0 saturated carbocycles. The third-order valence-electron chi connectivity index (χ3n) is 2.41. The summed E-state index contributed by atoms with van der Waals surface area (Å²) in [6.45, 7) is 3.70. The Morgan fingerprint density at radius 2 is 2.00 bits per heavy atom. The predicted molar refractivity (Wildman–Crippen MR) is 72.8 cm³/mol. The van der Waals surface area contributed by atoms with Crippen LogP contribution in [0.4, 0.5) is 5.69 Å². The van der Waals surface area contributed by atoms with E-state index in [4.69, 9.17) is 4.74 Å². The van der Waals surface area contributed by atoms with Crippen LogP contribution in [0.15, 0.2) is 23.1 Å². The summed E-state index contributed by atoms with van der Waals surface area (Å²) >= 11 is 0. The van der Waals surface area contributed by atoms with Gasteiger partial charge in [0.1, 0.15) is 5.75 Å². The van der Waals surface area contributed by atoms with Gasteiger partial charge in [-0.25, -0.2) is 13.1 Å². The minimum atomic E-state index is -3.56. The molecule has 0 atom stereocenters. The molecule has 0 radical (unpaired) electrons. The summed E-state index contributed by atoms with van der Waals surface area (Å²) in [5, 5.41) is 2.61. The average Bonchev–Trinajstić information content (AvgIpc) is 2.38. The van der Waals surface area contributed by atoms with Crippen molar-refractivity contribution in [1.82, 2.24) is 4.72 Å². The van der Waals surface area contributed by atoms with Gasteiger partial charge in [0.15, 0.2) is 0 Å². The maximum Gasteiger partial charge on any atom is 0.240 e. The number of amides is 1. The number of methoxy groups -OCH3 is 1. The number of benzene rings is 1. The van der Waals surface area contributed by atoms with Crippen molar-refractivity contribution < 1.29 is 17.9 Å². The molecule has 0 spiro atoms. The number of nitrogens with one attached hydrogen (secondary N) is 2. The van der Waals surface area contributed by atoms with E-state index < -0.39 is 10.0 Å². The molecule has 106 valence electrons. The third-order valence-corrected chi connectivity index (χ3v) is 3.95. The second-order valence-electron chi connectivity index (χ2n) is 3.77. The van der Waals surface area contributed by atoms with E-state index in [-0.39, 0.29) is 10.8 Å². The molecule has 7 heteroatoms. The highest BCUT2D eigenvalue weighted by molar-refractivity contribution is 7.89. The van der Waals surface area contributed by atoms with Crippen molar-refractivity contribution in [3.05, 3.63) is 18.2 Å². The molecular formula is C12H18N2O4S. The Hall–Kier alpha value is -1.60. The summed E-state index contributed by atoms with van der Waals surface area (Å²) < 4.78 is 31.2. The second-order valence-corrected chi connectivity index (χ2v) is 5.53. The number of hydrogen-bond donors (Lipinski definition) is 2. The predicted octanol–water partition coefficient (Wildman–Crippen LogP) is 1.34. The van der Waals surface area contributed by atoms with E-state index in [0.29, 0.717) is 24.4 Å². The molecule has 0 aliphatic carbocycles. The van der Waals surface area contributed by atoms with Crippen molar-refractivity contribution in [2.75, 3.05) is 19.0 Å². The van der Waals surface area contributed by atoms with E-state index in [1.54, 1.807) is 13.8 Å². The number of anilines is 1. The zero-order valence-corrected chi connectivity index (χ0v) is 12.0. The molecule has 19 heavy (non-hydrogen) atoms. The first-order chi connectivity index (χ1) is 8.94. The van der Waals surface area contributed by atoms with Crippen LogP contribution in [0.5, 0.6) is 5.75 Å². The molecule has 6 nitrogen and oxygen atoms in total. The van der Waals surface area contributed by atoms with Crippen LogP contribution in [0.3, 0.4) is 0 Å². The number of hydrogen-bond acceptors (Lipinski definition) is 4. The van der Waals surface area contributed by atoms with E-state index in [1.165, 1.54) is 25.3 Å². The monoisotopic (exact) mass is 286 g/mol. The first-order valence-electron chi connectivity index (χ1n) is 5.92. The van der Waals surface area contributed by atoms with E-state index in [0.717, 1.165) is 0 Å². The molecule has 0 fully saturated rings. The zero-order chi connectivity index (χ0) is 14.5.